The fourth-order valence-corrected chi connectivity index (χ4v) is 2.23. The molecule has 1 saturated heterocycles. The molecular weight excluding hydrogens is 208 g/mol. The molecule has 1 aliphatic heterocycles. The lowest BCUT2D eigenvalue weighted by atomic mass is 9.90. The summed E-state index contributed by atoms with van der Waals surface area (Å²) >= 11 is 0. The van der Waals surface area contributed by atoms with E-state index in [0.717, 1.165) is 37.9 Å². The molecule has 1 heterocycles. The first kappa shape index (κ1) is 11.5. The van der Waals surface area contributed by atoms with E-state index < -0.39 is 11.6 Å². The third-order valence-electron chi connectivity index (χ3n) is 3.32. The lowest BCUT2D eigenvalue weighted by molar-refractivity contribution is 0.371. The van der Waals surface area contributed by atoms with Crippen molar-refractivity contribution < 1.29 is 8.78 Å². The maximum absolute atomic E-state index is 13.3. The third kappa shape index (κ3) is 2.59. The average molecular weight is 225 g/mol. The van der Waals surface area contributed by atoms with Crippen LogP contribution in [0.2, 0.25) is 0 Å². The molecule has 0 aliphatic carbocycles. The Hall–Kier alpha value is -0.960. The molecule has 1 nitrogen and oxygen atoms in total. The number of piperidine rings is 1. The Labute approximate surface area is 94.9 Å². The first-order valence-corrected chi connectivity index (χ1v) is 5.82. The number of hydrogen-bond donors (Lipinski definition) is 1. The monoisotopic (exact) mass is 225 g/mol. The number of hydrogen-bond acceptors (Lipinski definition) is 1. The highest BCUT2D eigenvalue weighted by molar-refractivity contribution is 5.25. The van der Waals surface area contributed by atoms with E-state index in [-0.39, 0.29) is 5.56 Å². The van der Waals surface area contributed by atoms with Gasteiger partial charge in [0.1, 0.15) is 11.6 Å². The van der Waals surface area contributed by atoms with Crippen molar-refractivity contribution in [2.45, 2.75) is 26.2 Å². The van der Waals surface area contributed by atoms with Gasteiger partial charge >= 0.3 is 0 Å². The highest BCUT2D eigenvalue weighted by Gasteiger charge is 2.15. The second-order valence-electron chi connectivity index (χ2n) is 4.58. The van der Waals surface area contributed by atoms with Gasteiger partial charge in [-0.05, 0) is 62.9 Å². The average Bonchev–Trinajstić information content (AvgIpc) is 2.27. The van der Waals surface area contributed by atoms with Gasteiger partial charge < -0.3 is 5.32 Å². The molecular formula is C13H17F2N. The molecule has 1 aromatic carbocycles. The van der Waals surface area contributed by atoms with Crippen LogP contribution in [-0.2, 0) is 6.42 Å². The van der Waals surface area contributed by atoms with Gasteiger partial charge in [0.15, 0.2) is 0 Å². The zero-order valence-corrected chi connectivity index (χ0v) is 9.52. The van der Waals surface area contributed by atoms with Gasteiger partial charge in [0.25, 0.3) is 0 Å². The van der Waals surface area contributed by atoms with Crippen molar-refractivity contribution in [3.63, 3.8) is 0 Å². The van der Waals surface area contributed by atoms with Crippen LogP contribution in [0.15, 0.2) is 12.1 Å². The molecule has 0 amide bonds. The lowest BCUT2D eigenvalue weighted by Crippen LogP contribution is -2.28. The van der Waals surface area contributed by atoms with Crippen molar-refractivity contribution in [3.05, 3.63) is 34.9 Å². The van der Waals surface area contributed by atoms with E-state index in [1.54, 1.807) is 0 Å². The molecule has 3 heteroatoms. The first-order valence-electron chi connectivity index (χ1n) is 5.82. The van der Waals surface area contributed by atoms with Gasteiger partial charge in [-0.1, -0.05) is 0 Å². The van der Waals surface area contributed by atoms with Gasteiger partial charge in [-0.25, -0.2) is 8.78 Å². The Morgan fingerprint density at radius 1 is 1.19 bits per heavy atom. The molecule has 1 aromatic rings. The maximum atomic E-state index is 13.3. The van der Waals surface area contributed by atoms with Crippen LogP contribution in [-0.4, -0.2) is 13.1 Å². The first-order chi connectivity index (χ1) is 7.66. The van der Waals surface area contributed by atoms with Gasteiger partial charge in [-0.15, -0.1) is 0 Å². The van der Waals surface area contributed by atoms with Crippen LogP contribution >= 0.6 is 0 Å². The zero-order chi connectivity index (χ0) is 11.5. The van der Waals surface area contributed by atoms with Crippen LogP contribution in [0.25, 0.3) is 0 Å². The number of halogens is 2. The van der Waals surface area contributed by atoms with Crippen LogP contribution in [0.3, 0.4) is 0 Å². The smallest absolute Gasteiger partial charge is 0.129 e. The van der Waals surface area contributed by atoms with Gasteiger partial charge in [0.2, 0.25) is 0 Å². The number of nitrogens with one attached hydrogen (secondary N) is 1. The lowest BCUT2D eigenvalue weighted by Gasteiger charge is -2.22. The fraction of sp³-hybridized carbons (Fsp3) is 0.538. The molecule has 0 radical (unpaired) electrons. The van der Waals surface area contributed by atoms with Crippen molar-refractivity contribution >= 4 is 0 Å². The van der Waals surface area contributed by atoms with Gasteiger partial charge in [0.05, 0.1) is 0 Å². The van der Waals surface area contributed by atoms with E-state index in [2.05, 4.69) is 5.32 Å². The van der Waals surface area contributed by atoms with E-state index in [0.29, 0.717) is 5.92 Å². The van der Waals surface area contributed by atoms with Crippen LogP contribution < -0.4 is 5.32 Å². The summed E-state index contributed by atoms with van der Waals surface area (Å²) in [5.74, 6) is -0.296. The Morgan fingerprint density at radius 2 is 1.75 bits per heavy atom. The van der Waals surface area contributed by atoms with Gasteiger partial charge in [0, 0.05) is 5.56 Å². The Morgan fingerprint density at radius 3 is 2.31 bits per heavy atom. The largest absolute Gasteiger partial charge is 0.317 e. The number of benzene rings is 1. The van der Waals surface area contributed by atoms with Crippen molar-refractivity contribution in [1.29, 1.82) is 0 Å². The summed E-state index contributed by atoms with van der Waals surface area (Å²) in [6.07, 6.45) is 2.98. The fourth-order valence-electron chi connectivity index (χ4n) is 2.23. The molecule has 0 aromatic heterocycles. The predicted molar refractivity (Wildman–Crippen MR) is 60.4 cm³/mol. The maximum Gasteiger partial charge on any atom is 0.129 e. The summed E-state index contributed by atoms with van der Waals surface area (Å²) < 4.78 is 26.7. The highest BCUT2D eigenvalue weighted by atomic mass is 19.1. The van der Waals surface area contributed by atoms with Crippen LogP contribution in [0.5, 0.6) is 0 Å². The normalized spacial score (nSPS) is 17.7. The van der Waals surface area contributed by atoms with Gasteiger partial charge in [-0.3, -0.25) is 0 Å². The molecule has 0 atom stereocenters. The van der Waals surface area contributed by atoms with E-state index in [9.17, 15) is 8.78 Å². The molecule has 0 unspecified atom stereocenters. The van der Waals surface area contributed by atoms with Crippen LogP contribution in [0, 0.1) is 24.5 Å². The molecule has 16 heavy (non-hydrogen) atoms. The summed E-state index contributed by atoms with van der Waals surface area (Å²) in [6.45, 7) is 3.50. The topological polar surface area (TPSA) is 12.0 Å². The summed E-state index contributed by atoms with van der Waals surface area (Å²) in [5, 5.41) is 3.28. The molecule has 1 aliphatic rings. The minimum Gasteiger partial charge on any atom is -0.317 e. The Kier molecular flexibility index (Phi) is 3.54. The standard InChI is InChI=1S/C13H17F2N/c1-9-12(14)7-11(8-13(9)15)6-10-2-4-16-5-3-10/h7-8,10,16H,2-6H2,1H3. The summed E-state index contributed by atoms with van der Waals surface area (Å²) in [7, 11) is 0. The van der Waals surface area contributed by atoms with E-state index in [1.807, 2.05) is 0 Å². The predicted octanol–water partition coefficient (Wildman–Crippen LogP) is 2.82. The second kappa shape index (κ2) is 4.91. The van der Waals surface area contributed by atoms with Crippen molar-refractivity contribution in [2.24, 2.45) is 5.92 Å². The SMILES string of the molecule is Cc1c(F)cc(CC2CCNCC2)cc1F. The summed E-state index contributed by atoms with van der Waals surface area (Å²) in [4.78, 5) is 0. The van der Waals surface area contributed by atoms with Crippen LogP contribution in [0.1, 0.15) is 24.0 Å². The minimum atomic E-state index is -0.427. The molecule has 88 valence electrons. The van der Waals surface area contributed by atoms with E-state index in [1.165, 1.54) is 19.1 Å². The van der Waals surface area contributed by atoms with Crippen molar-refractivity contribution in [3.8, 4) is 0 Å². The Balaban J connectivity index is 2.09. The quantitative estimate of drug-likeness (QED) is 0.816. The molecule has 0 spiro atoms. The minimum absolute atomic E-state index is 0.120. The highest BCUT2D eigenvalue weighted by Crippen LogP contribution is 2.21. The van der Waals surface area contributed by atoms with E-state index in [4.69, 9.17) is 0 Å². The second-order valence-corrected chi connectivity index (χ2v) is 4.58. The van der Waals surface area contributed by atoms with Gasteiger partial charge in [-0.2, -0.15) is 0 Å². The molecule has 0 saturated carbocycles. The Bertz CT molecular complexity index is 347. The zero-order valence-electron chi connectivity index (χ0n) is 9.52. The van der Waals surface area contributed by atoms with Crippen molar-refractivity contribution in [2.75, 3.05) is 13.1 Å². The number of rotatable bonds is 2. The summed E-state index contributed by atoms with van der Waals surface area (Å²) in [6, 6.07) is 2.95. The van der Waals surface area contributed by atoms with Crippen molar-refractivity contribution in [1.82, 2.24) is 5.32 Å². The third-order valence-corrected chi connectivity index (χ3v) is 3.32. The molecule has 0 bridgehead atoms. The van der Waals surface area contributed by atoms with E-state index >= 15 is 0 Å². The molecule has 2 rings (SSSR count). The molecule has 1 fully saturated rings. The molecule has 1 N–H and O–H groups in total. The summed E-state index contributed by atoms with van der Waals surface area (Å²) in [5.41, 5.74) is 0.904. The van der Waals surface area contributed by atoms with Crippen LogP contribution in [0.4, 0.5) is 8.78 Å².